The Morgan fingerprint density at radius 1 is 1.00 bits per heavy atom. The lowest BCUT2D eigenvalue weighted by atomic mass is 10.1. The summed E-state index contributed by atoms with van der Waals surface area (Å²) in [5.74, 6) is 0. The van der Waals surface area contributed by atoms with E-state index in [0.29, 0.717) is 6.42 Å². The molecule has 0 unspecified atom stereocenters. The number of rotatable bonds is 2. The molecule has 0 amide bonds. The van der Waals surface area contributed by atoms with Crippen LogP contribution in [0.15, 0.2) is 47.3 Å². The molecule has 1 aromatic heterocycles. The van der Waals surface area contributed by atoms with Crippen molar-refractivity contribution < 1.29 is 5.11 Å². The van der Waals surface area contributed by atoms with E-state index in [1.807, 2.05) is 42.5 Å². The van der Waals surface area contributed by atoms with Gasteiger partial charge >= 0.3 is 0 Å². The van der Waals surface area contributed by atoms with E-state index in [2.05, 4.69) is 0 Å². The van der Waals surface area contributed by atoms with Gasteiger partial charge in [-0.15, -0.1) is 11.3 Å². The Balaban J connectivity index is 2.49. The first-order chi connectivity index (χ1) is 8.81. The third-order valence-electron chi connectivity index (χ3n) is 3.07. The molecule has 1 N–H and O–H groups in total. The molecule has 0 bridgehead atoms. The minimum atomic E-state index is 0.0655. The van der Waals surface area contributed by atoms with Crippen LogP contribution in [0.3, 0.4) is 0 Å². The van der Waals surface area contributed by atoms with Crippen molar-refractivity contribution in [1.82, 2.24) is 0 Å². The molecule has 0 fully saturated rings. The second-order valence-corrected chi connectivity index (χ2v) is 5.28. The van der Waals surface area contributed by atoms with E-state index >= 15 is 0 Å². The number of hydrogen-bond acceptors (Lipinski definition) is 3. The molecule has 0 spiro atoms. The van der Waals surface area contributed by atoms with Crippen LogP contribution in [0.2, 0.25) is 0 Å². The third-order valence-corrected chi connectivity index (χ3v) is 4.21. The largest absolute Gasteiger partial charge is 0.396 e. The fourth-order valence-electron chi connectivity index (χ4n) is 2.24. The molecule has 0 saturated carbocycles. The predicted octanol–water partition coefficient (Wildman–Crippen LogP) is 2.95. The first kappa shape index (κ1) is 11.4. The first-order valence-corrected chi connectivity index (χ1v) is 6.67. The number of aliphatic hydroxyl groups excluding tert-OH is 1. The summed E-state index contributed by atoms with van der Waals surface area (Å²) in [5.41, 5.74) is 1.01. The molecule has 0 radical (unpaired) electrons. The molecular formula is C15H12O2S. The third kappa shape index (κ3) is 1.72. The van der Waals surface area contributed by atoms with Gasteiger partial charge in [-0.1, -0.05) is 24.3 Å². The van der Waals surface area contributed by atoms with Gasteiger partial charge in [0.2, 0.25) is 0 Å². The normalized spacial score (nSPS) is 11.2. The van der Waals surface area contributed by atoms with E-state index in [1.165, 1.54) is 0 Å². The Labute approximate surface area is 108 Å². The van der Waals surface area contributed by atoms with Crippen molar-refractivity contribution in [3.05, 3.63) is 58.3 Å². The molecule has 3 rings (SSSR count). The van der Waals surface area contributed by atoms with Gasteiger partial charge in [-0.05, 0) is 30.2 Å². The van der Waals surface area contributed by atoms with Crippen LogP contribution in [-0.4, -0.2) is 11.7 Å². The molecule has 2 nitrogen and oxygen atoms in total. The zero-order valence-electron chi connectivity index (χ0n) is 9.72. The number of hydrogen-bond donors (Lipinski definition) is 1. The zero-order chi connectivity index (χ0) is 12.5. The Bertz CT molecular complexity index is 774. The molecular weight excluding hydrogens is 244 g/mol. The molecule has 18 heavy (non-hydrogen) atoms. The van der Waals surface area contributed by atoms with Crippen LogP contribution in [0, 0.1) is 0 Å². The summed E-state index contributed by atoms with van der Waals surface area (Å²) < 4.78 is 2.00. The van der Waals surface area contributed by atoms with Crippen LogP contribution in [0.1, 0.15) is 5.56 Å². The maximum Gasteiger partial charge on any atom is 0.196 e. The van der Waals surface area contributed by atoms with Gasteiger partial charge in [0.25, 0.3) is 0 Å². The van der Waals surface area contributed by atoms with Crippen molar-refractivity contribution in [2.75, 3.05) is 6.61 Å². The Morgan fingerprint density at radius 2 is 1.78 bits per heavy atom. The van der Waals surface area contributed by atoms with Crippen LogP contribution in [0.4, 0.5) is 0 Å². The maximum atomic E-state index is 12.5. The lowest BCUT2D eigenvalue weighted by Crippen LogP contribution is -2.05. The minimum absolute atomic E-state index is 0.0655. The van der Waals surface area contributed by atoms with Crippen molar-refractivity contribution in [2.24, 2.45) is 0 Å². The second kappa shape index (κ2) is 4.52. The lowest BCUT2D eigenvalue weighted by Gasteiger charge is -2.05. The maximum absolute atomic E-state index is 12.5. The molecule has 1 heterocycles. The van der Waals surface area contributed by atoms with Gasteiger partial charge < -0.3 is 5.11 Å². The van der Waals surface area contributed by atoms with E-state index in [0.717, 1.165) is 25.7 Å². The molecule has 2 aromatic carbocycles. The van der Waals surface area contributed by atoms with Gasteiger partial charge in [-0.2, -0.15) is 0 Å². The predicted molar refractivity (Wildman–Crippen MR) is 76.4 cm³/mol. The molecule has 90 valence electrons. The highest BCUT2D eigenvalue weighted by Crippen LogP contribution is 2.26. The molecule has 0 atom stereocenters. The molecule has 3 heteroatoms. The molecule has 0 saturated heterocycles. The van der Waals surface area contributed by atoms with E-state index in [4.69, 9.17) is 5.11 Å². The van der Waals surface area contributed by atoms with Gasteiger partial charge in [-0.25, -0.2) is 0 Å². The van der Waals surface area contributed by atoms with E-state index in [1.54, 1.807) is 11.3 Å². The van der Waals surface area contributed by atoms with Crippen molar-refractivity contribution in [2.45, 2.75) is 6.42 Å². The number of benzene rings is 2. The van der Waals surface area contributed by atoms with Gasteiger partial charge in [0.05, 0.1) is 0 Å². The van der Waals surface area contributed by atoms with Gasteiger partial charge in [0.15, 0.2) is 5.43 Å². The van der Waals surface area contributed by atoms with Crippen molar-refractivity contribution in [1.29, 1.82) is 0 Å². The summed E-state index contributed by atoms with van der Waals surface area (Å²) in [6.07, 6.45) is 0.525. The van der Waals surface area contributed by atoms with Gasteiger partial charge in [-0.3, -0.25) is 4.79 Å². The van der Waals surface area contributed by atoms with Gasteiger partial charge in [0, 0.05) is 26.8 Å². The summed E-state index contributed by atoms with van der Waals surface area (Å²) >= 11 is 1.62. The standard InChI is InChI=1S/C15H12O2S/c16-9-8-10-4-3-7-13-14(10)15(17)11-5-1-2-6-12(11)18-13/h1-7,16H,8-9H2. The van der Waals surface area contributed by atoms with Crippen LogP contribution < -0.4 is 5.43 Å². The second-order valence-electron chi connectivity index (χ2n) is 4.19. The molecule has 0 aliphatic carbocycles. The highest BCUT2D eigenvalue weighted by atomic mass is 32.1. The van der Waals surface area contributed by atoms with Gasteiger partial charge in [0.1, 0.15) is 0 Å². The Morgan fingerprint density at radius 3 is 2.61 bits per heavy atom. The topological polar surface area (TPSA) is 37.3 Å². The summed E-state index contributed by atoms with van der Waals surface area (Å²) in [4.78, 5) is 12.5. The van der Waals surface area contributed by atoms with E-state index in [9.17, 15) is 4.79 Å². The van der Waals surface area contributed by atoms with Crippen molar-refractivity contribution in [3.63, 3.8) is 0 Å². The summed E-state index contributed by atoms with van der Waals surface area (Å²) in [6, 6.07) is 13.5. The first-order valence-electron chi connectivity index (χ1n) is 5.85. The quantitative estimate of drug-likeness (QED) is 0.716. The van der Waals surface area contributed by atoms with Crippen molar-refractivity contribution in [3.8, 4) is 0 Å². The van der Waals surface area contributed by atoms with Crippen molar-refractivity contribution >= 4 is 31.5 Å². The SMILES string of the molecule is O=c1c2ccccc2sc2cccc(CCO)c12. The highest BCUT2D eigenvalue weighted by molar-refractivity contribution is 7.24. The van der Waals surface area contributed by atoms with E-state index in [-0.39, 0.29) is 12.0 Å². The average molecular weight is 256 g/mol. The molecule has 3 aromatic rings. The fourth-order valence-corrected chi connectivity index (χ4v) is 3.37. The summed E-state index contributed by atoms with van der Waals surface area (Å²) in [6.45, 7) is 0.0655. The Hall–Kier alpha value is -1.71. The average Bonchev–Trinajstić information content (AvgIpc) is 2.39. The monoisotopic (exact) mass is 256 g/mol. The highest BCUT2D eigenvalue weighted by Gasteiger charge is 2.08. The minimum Gasteiger partial charge on any atom is -0.396 e. The lowest BCUT2D eigenvalue weighted by molar-refractivity contribution is 0.300. The van der Waals surface area contributed by atoms with Crippen LogP contribution in [0.5, 0.6) is 0 Å². The Kier molecular flexibility index (Phi) is 2.86. The van der Waals surface area contributed by atoms with Crippen LogP contribution in [-0.2, 0) is 6.42 Å². The fraction of sp³-hybridized carbons (Fsp3) is 0.133. The van der Waals surface area contributed by atoms with Crippen LogP contribution >= 0.6 is 11.3 Å². The zero-order valence-corrected chi connectivity index (χ0v) is 10.5. The summed E-state index contributed by atoms with van der Waals surface area (Å²) in [7, 11) is 0. The summed E-state index contributed by atoms with van der Waals surface area (Å²) in [5, 5.41) is 10.6. The smallest absolute Gasteiger partial charge is 0.196 e. The molecule has 0 aliphatic rings. The van der Waals surface area contributed by atoms with Crippen LogP contribution in [0.25, 0.3) is 20.2 Å². The molecule has 0 aliphatic heterocycles. The number of aliphatic hydroxyl groups is 1. The number of fused-ring (bicyclic) bond motifs is 2. The van der Waals surface area contributed by atoms with E-state index < -0.39 is 0 Å².